The topological polar surface area (TPSA) is 150 Å². The fraction of sp³-hybridized carbons (Fsp3) is 0.312. The summed E-state index contributed by atoms with van der Waals surface area (Å²) < 4.78 is 32.6. The second-order valence-corrected chi connectivity index (χ2v) is 7.58. The molecule has 0 bridgehead atoms. The van der Waals surface area contributed by atoms with E-state index in [1.54, 1.807) is 12.1 Å². The van der Waals surface area contributed by atoms with Gasteiger partial charge in [-0.3, -0.25) is 19.3 Å². The van der Waals surface area contributed by atoms with E-state index in [-0.39, 0.29) is 17.4 Å². The molecule has 0 radical (unpaired) electrons. The van der Waals surface area contributed by atoms with Gasteiger partial charge in [0.2, 0.25) is 0 Å². The number of anilines is 1. The van der Waals surface area contributed by atoms with Crippen LogP contribution in [0.2, 0.25) is 0 Å². The number of benzene rings is 1. The molecule has 27 heavy (non-hydrogen) atoms. The normalized spacial score (nSPS) is 16.8. The Morgan fingerprint density at radius 1 is 1.26 bits per heavy atom. The van der Waals surface area contributed by atoms with E-state index >= 15 is 0 Å². The summed E-state index contributed by atoms with van der Waals surface area (Å²) in [6.07, 6.45) is 2.52. The van der Waals surface area contributed by atoms with E-state index in [1.165, 1.54) is 12.1 Å². The number of H-pyrrole nitrogens is 2. The third kappa shape index (κ3) is 4.44. The summed E-state index contributed by atoms with van der Waals surface area (Å²) in [6.45, 7) is 0.976. The van der Waals surface area contributed by atoms with Gasteiger partial charge >= 0.3 is 5.69 Å². The molecule has 0 saturated carbocycles. The molecule has 1 aromatic carbocycles. The molecule has 4 N–H and O–H groups in total. The Hall–Kier alpha value is -2.92. The van der Waals surface area contributed by atoms with Crippen molar-refractivity contribution in [3.63, 3.8) is 0 Å². The highest BCUT2D eigenvalue weighted by Crippen LogP contribution is 2.19. The molecule has 10 nitrogen and oxygen atoms in total. The van der Waals surface area contributed by atoms with Crippen molar-refractivity contribution < 1.29 is 17.9 Å². The van der Waals surface area contributed by atoms with Gasteiger partial charge in [0.25, 0.3) is 21.5 Å². The molecule has 2 heterocycles. The number of ether oxygens (including phenoxy) is 1. The van der Waals surface area contributed by atoms with Crippen molar-refractivity contribution >= 4 is 21.6 Å². The van der Waals surface area contributed by atoms with Gasteiger partial charge in [0.1, 0.15) is 0 Å². The third-order valence-electron chi connectivity index (χ3n) is 4.01. The molecule has 11 heteroatoms. The van der Waals surface area contributed by atoms with Gasteiger partial charge in [-0.05, 0) is 25.0 Å². The molecule has 1 atom stereocenters. The zero-order valence-corrected chi connectivity index (χ0v) is 15.0. The molecule has 144 valence electrons. The molecule has 3 rings (SSSR count). The van der Waals surface area contributed by atoms with Gasteiger partial charge in [0.15, 0.2) is 4.90 Å². The Bertz CT molecular complexity index is 1050. The summed E-state index contributed by atoms with van der Waals surface area (Å²) in [4.78, 5) is 38.5. The predicted molar refractivity (Wildman–Crippen MR) is 96.2 cm³/mol. The minimum Gasteiger partial charge on any atom is -0.376 e. The van der Waals surface area contributed by atoms with Crippen molar-refractivity contribution in [2.45, 2.75) is 23.8 Å². The maximum absolute atomic E-state index is 12.5. The van der Waals surface area contributed by atoms with Crippen LogP contribution in [0.15, 0.2) is 44.9 Å². The Labute approximate surface area is 154 Å². The number of sulfonamides is 1. The van der Waals surface area contributed by atoms with Crippen LogP contribution >= 0.6 is 0 Å². The van der Waals surface area contributed by atoms with Crippen molar-refractivity contribution in [2.24, 2.45) is 0 Å². The SMILES string of the molecule is O=C(NC[C@@H]1CCCO1)c1ccccc1NS(=O)(=O)c1c[nH]c(=O)[nH]c1=O. The van der Waals surface area contributed by atoms with Crippen molar-refractivity contribution in [1.82, 2.24) is 15.3 Å². The molecule has 0 aliphatic carbocycles. The molecule has 1 amide bonds. The fourth-order valence-corrected chi connectivity index (χ4v) is 3.76. The van der Waals surface area contributed by atoms with Crippen molar-refractivity contribution in [1.29, 1.82) is 0 Å². The standard InChI is InChI=1S/C16H18N4O6S/c21-14(17-8-10-4-3-7-26-10)11-5-1-2-6-12(11)20-27(24,25)13-9-18-16(23)19-15(13)22/h1-2,5-6,9-10,20H,3-4,7-8H2,(H,17,21)(H2,18,19,22,23)/t10-/m0/s1. The minimum absolute atomic E-state index is 0.00735. The molecular formula is C16H18N4O6S. The van der Waals surface area contributed by atoms with Gasteiger partial charge in [-0.15, -0.1) is 0 Å². The Kier molecular flexibility index (Phi) is 5.42. The molecule has 1 aliphatic rings. The van der Waals surface area contributed by atoms with Crippen LogP contribution < -0.4 is 21.3 Å². The lowest BCUT2D eigenvalue weighted by atomic mass is 10.1. The van der Waals surface area contributed by atoms with Crippen LogP contribution in [0.3, 0.4) is 0 Å². The van der Waals surface area contributed by atoms with E-state index in [0.29, 0.717) is 13.2 Å². The summed E-state index contributed by atoms with van der Waals surface area (Å²) in [5.74, 6) is -0.473. The number of carbonyl (C=O) groups excluding carboxylic acids is 1. The van der Waals surface area contributed by atoms with E-state index in [2.05, 4.69) is 15.0 Å². The van der Waals surface area contributed by atoms with Gasteiger partial charge < -0.3 is 15.0 Å². The Morgan fingerprint density at radius 2 is 2.04 bits per heavy atom. The predicted octanol–water partition coefficient (Wildman–Crippen LogP) is -0.227. The van der Waals surface area contributed by atoms with Gasteiger partial charge in [0, 0.05) is 19.3 Å². The monoisotopic (exact) mass is 394 g/mol. The lowest BCUT2D eigenvalue weighted by molar-refractivity contribution is 0.0858. The largest absolute Gasteiger partial charge is 0.376 e. The maximum atomic E-state index is 12.5. The molecule has 0 spiro atoms. The lowest BCUT2D eigenvalue weighted by Crippen LogP contribution is -2.33. The minimum atomic E-state index is -4.32. The van der Waals surface area contributed by atoms with Crippen molar-refractivity contribution in [3.8, 4) is 0 Å². The van der Waals surface area contributed by atoms with Crippen LogP contribution in [0, 0.1) is 0 Å². The zero-order chi connectivity index (χ0) is 19.4. The van der Waals surface area contributed by atoms with Crippen molar-refractivity contribution in [3.05, 3.63) is 56.9 Å². The summed E-state index contributed by atoms with van der Waals surface area (Å²) >= 11 is 0. The number of aromatic nitrogens is 2. The first-order valence-corrected chi connectivity index (χ1v) is 9.69. The van der Waals surface area contributed by atoms with Crippen LogP contribution in [0.1, 0.15) is 23.2 Å². The number of amides is 1. The second kappa shape index (κ2) is 7.76. The summed E-state index contributed by atoms with van der Waals surface area (Å²) in [7, 11) is -4.32. The average molecular weight is 394 g/mol. The first kappa shape index (κ1) is 18.9. The van der Waals surface area contributed by atoms with Crippen LogP contribution in [-0.2, 0) is 14.8 Å². The molecule has 1 fully saturated rings. The first-order chi connectivity index (χ1) is 12.9. The number of rotatable bonds is 6. The van der Waals surface area contributed by atoms with Crippen molar-refractivity contribution in [2.75, 3.05) is 17.9 Å². The molecule has 1 aromatic heterocycles. The highest BCUT2D eigenvalue weighted by molar-refractivity contribution is 7.92. The highest BCUT2D eigenvalue weighted by atomic mass is 32.2. The average Bonchev–Trinajstić information content (AvgIpc) is 3.13. The van der Waals surface area contributed by atoms with E-state index in [0.717, 1.165) is 19.0 Å². The summed E-state index contributed by atoms with van der Waals surface area (Å²) in [6, 6.07) is 6.00. The molecular weight excluding hydrogens is 376 g/mol. The smallest absolute Gasteiger partial charge is 0.325 e. The van der Waals surface area contributed by atoms with Crippen LogP contribution in [0.5, 0.6) is 0 Å². The number of nitrogens with one attached hydrogen (secondary N) is 4. The summed E-state index contributed by atoms with van der Waals surface area (Å²) in [5, 5.41) is 2.71. The number of aromatic amines is 2. The highest BCUT2D eigenvalue weighted by Gasteiger charge is 2.22. The van der Waals surface area contributed by atoms with Crippen LogP contribution in [0.25, 0.3) is 0 Å². The number of hydrogen-bond donors (Lipinski definition) is 4. The van der Waals surface area contributed by atoms with E-state index in [4.69, 9.17) is 4.74 Å². The summed E-state index contributed by atoms with van der Waals surface area (Å²) in [5.41, 5.74) is -1.78. The first-order valence-electron chi connectivity index (χ1n) is 8.20. The van der Waals surface area contributed by atoms with Crippen LogP contribution in [0.4, 0.5) is 5.69 Å². The van der Waals surface area contributed by atoms with E-state index in [9.17, 15) is 22.8 Å². The Morgan fingerprint density at radius 3 is 2.74 bits per heavy atom. The van der Waals surface area contributed by atoms with E-state index < -0.39 is 32.1 Å². The van der Waals surface area contributed by atoms with E-state index in [1.807, 2.05) is 4.98 Å². The molecule has 1 aliphatic heterocycles. The molecule has 1 saturated heterocycles. The molecule has 2 aromatic rings. The van der Waals surface area contributed by atoms with Gasteiger partial charge in [-0.25, -0.2) is 13.2 Å². The fourth-order valence-electron chi connectivity index (χ4n) is 2.67. The Balaban J connectivity index is 1.81. The third-order valence-corrected chi connectivity index (χ3v) is 5.38. The quantitative estimate of drug-likeness (QED) is 0.532. The number of carbonyl (C=O) groups is 1. The van der Waals surface area contributed by atoms with Gasteiger partial charge in [0.05, 0.1) is 17.4 Å². The number of hydrogen-bond acceptors (Lipinski definition) is 6. The van der Waals surface area contributed by atoms with Crippen LogP contribution in [-0.4, -0.2) is 43.5 Å². The van der Waals surface area contributed by atoms with Gasteiger partial charge in [-0.2, -0.15) is 0 Å². The lowest BCUT2D eigenvalue weighted by Gasteiger charge is -2.14. The molecule has 0 unspecified atom stereocenters. The maximum Gasteiger partial charge on any atom is 0.325 e. The number of para-hydroxylation sites is 1. The second-order valence-electron chi connectivity index (χ2n) is 5.93. The van der Waals surface area contributed by atoms with Gasteiger partial charge in [-0.1, -0.05) is 12.1 Å². The zero-order valence-electron chi connectivity index (χ0n) is 14.2.